The van der Waals surface area contributed by atoms with Gasteiger partial charge >= 0.3 is 0 Å². The minimum absolute atomic E-state index is 0.325. The van der Waals surface area contributed by atoms with Gasteiger partial charge in [0, 0.05) is 22.6 Å². The van der Waals surface area contributed by atoms with Crippen LogP contribution in [0.1, 0.15) is 31.4 Å². The van der Waals surface area contributed by atoms with Crippen LogP contribution in [-0.2, 0) is 5.60 Å². The van der Waals surface area contributed by atoms with Crippen LogP contribution in [0.25, 0.3) is 0 Å². The molecule has 0 amide bonds. The molecule has 0 aliphatic heterocycles. The highest BCUT2D eigenvalue weighted by atomic mass is 35.5. The van der Waals surface area contributed by atoms with E-state index in [9.17, 15) is 5.11 Å². The van der Waals surface area contributed by atoms with Gasteiger partial charge in [0.25, 0.3) is 0 Å². The molecule has 0 bridgehead atoms. The molecule has 22 heavy (non-hydrogen) atoms. The predicted molar refractivity (Wildman–Crippen MR) is 93.7 cm³/mol. The van der Waals surface area contributed by atoms with Crippen molar-refractivity contribution in [3.8, 4) is 0 Å². The fourth-order valence-electron chi connectivity index (χ4n) is 2.29. The SMILES string of the molecule is CC[C@H](C)NCC(O)(c1ccc(Cl)cc1)c1ccc(Cl)cc1. The van der Waals surface area contributed by atoms with Crippen molar-refractivity contribution in [3.05, 3.63) is 69.7 Å². The molecule has 0 saturated heterocycles. The lowest BCUT2D eigenvalue weighted by Crippen LogP contribution is -2.42. The second kappa shape index (κ2) is 7.47. The van der Waals surface area contributed by atoms with Gasteiger partial charge in [0.1, 0.15) is 5.60 Å². The molecule has 2 rings (SSSR count). The van der Waals surface area contributed by atoms with Gasteiger partial charge in [0.05, 0.1) is 0 Å². The van der Waals surface area contributed by atoms with E-state index in [0.29, 0.717) is 22.6 Å². The van der Waals surface area contributed by atoms with E-state index in [1.807, 2.05) is 24.3 Å². The number of aliphatic hydroxyl groups is 1. The Labute approximate surface area is 142 Å². The fraction of sp³-hybridized carbons (Fsp3) is 0.333. The lowest BCUT2D eigenvalue weighted by Gasteiger charge is -2.31. The molecule has 0 fully saturated rings. The Morgan fingerprint density at radius 2 is 1.36 bits per heavy atom. The van der Waals surface area contributed by atoms with Gasteiger partial charge in [-0.05, 0) is 48.7 Å². The first-order valence-electron chi connectivity index (χ1n) is 7.43. The Kier molecular flexibility index (Phi) is 5.87. The number of halogens is 2. The van der Waals surface area contributed by atoms with Crippen molar-refractivity contribution in [2.45, 2.75) is 31.9 Å². The van der Waals surface area contributed by atoms with Crippen LogP contribution in [0.3, 0.4) is 0 Å². The van der Waals surface area contributed by atoms with Gasteiger partial charge in [0.15, 0.2) is 0 Å². The Hall–Kier alpha value is -1.06. The van der Waals surface area contributed by atoms with Crippen molar-refractivity contribution in [3.63, 3.8) is 0 Å². The summed E-state index contributed by atoms with van der Waals surface area (Å²) >= 11 is 11.9. The third-order valence-electron chi connectivity index (χ3n) is 3.96. The molecular weight excluding hydrogens is 317 g/mol. The van der Waals surface area contributed by atoms with Gasteiger partial charge in [-0.15, -0.1) is 0 Å². The maximum atomic E-state index is 11.3. The van der Waals surface area contributed by atoms with E-state index in [0.717, 1.165) is 17.5 Å². The average Bonchev–Trinajstić information content (AvgIpc) is 2.53. The smallest absolute Gasteiger partial charge is 0.127 e. The van der Waals surface area contributed by atoms with Crippen molar-refractivity contribution >= 4 is 23.2 Å². The van der Waals surface area contributed by atoms with Gasteiger partial charge in [-0.2, -0.15) is 0 Å². The highest BCUT2D eigenvalue weighted by molar-refractivity contribution is 6.30. The Morgan fingerprint density at radius 1 is 0.955 bits per heavy atom. The van der Waals surface area contributed by atoms with Crippen LogP contribution in [0.4, 0.5) is 0 Å². The minimum Gasteiger partial charge on any atom is -0.379 e. The lowest BCUT2D eigenvalue weighted by molar-refractivity contribution is 0.0770. The van der Waals surface area contributed by atoms with E-state index in [-0.39, 0.29) is 0 Å². The van der Waals surface area contributed by atoms with Crippen LogP contribution in [-0.4, -0.2) is 17.7 Å². The third-order valence-corrected chi connectivity index (χ3v) is 4.47. The molecular formula is C18H21Cl2NO. The first kappa shape index (κ1) is 17.3. The topological polar surface area (TPSA) is 32.3 Å². The van der Waals surface area contributed by atoms with Crippen molar-refractivity contribution in [1.29, 1.82) is 0 Å². The maximum absolute atomic E-state index is 11.3. The number of hydrogen-bond donors (Lipinski definition) is 2. The zero-order valence-electron chi connectivity index (χ0n) is 12.8. The second-order valence-electron chi connectivity index (χ2n) is 5.56. The molecule has 1 atom stereocenters. The normalized spacial score (nSPS) is 13.1. The van der Waals surface area contributed by atoms with E-state index in [1.54, 1.807) is 24.3 Å². The van der Waals surface area contributed by atoms with Crippen LogP contribution < -0.4 is 5.32 Å². The zero-order chi connectivity index (χ0) is 16.2. The summed E-state index contributed by atoms with van der Waals surface area (Å²) in [6.07, 6.45) is 0.997. The molecule has 0 aromatic heterocycles. The number of nitrogens with one attached hydrogen (secondary N) is 1. The molecule has 0 aliphatic rings. The molecule has 0 unspecified atom stereocenters. The summed E-state index contributed by atoms with van der Waals surface area (Å²) < 4.78 is 0. The molecule has 0 heterocycles. The van der Waals surface area contributed by atoms with E-state index in [2.05, 4.69) is 19.2 Å². The average molecular weight is 338 g/mol. The van der Waals surface area contributed by atoms with Gasteiger partial charge < -0.3 is 10.4 Å². The number of benzene rings is 2. The predicted octanol–water partition coefficient (Wildman–Crippen LogP) is 4.62. The van der Waals surface area contributed by atoms with Crippen LogP contribution in [0.2, 0.25) is 10.0 Å². The quantitative estimate of drug-likeness (QED) is 0.806. The van der Waals surface area contributed by atoms with Crippen LogP contribution in [0, 0.1) is 0 Å². The van der Waals surface area contributed by atoms with Crippen LogP contribution in [0.15, 0.2) is 48.5 Å². The molecule has 118 valence electrons. The van der Waals surface area contributed by atoms with E-state index in [1.165, 1.54) is 0 Å². The molecule has 2 aromatic carbocycles. The van der Waals surface area contributed by atoms with Gasteiger partial charge in [-0.3, -0.25) is 0 Å². The molecule has 2 aromatic rings. The van der Waals surface area contributed by atoms with Gasteiger partial charge in [0.2, 0.25) is 0 Å². The highest BCUT2D eigenvalue weighted by Crippen LogP contribution is 2.31. The molecule has 2 N–H and O–H groups in total. The molecule has 4 heteroatoms. The first-order valence-corrected chi connectivity index (χ1v) is 8.19. The first-order chi connectivity index (χ1) is 10.5. The standard InChI is InChI=1S/C18H21Cl2NO/c1-3-13(2)21-12-18(22,14-4-8-16(19)9-5-14)15-6-10-17(20)11-7-15/h4-11,13,21-22H,3,12H2,1-2H3/t13-/m0/s1. The van der Waals surface area contributed by atoms with Gasteiger partial charge in [-0.1, -0.05) is 54.4 Å². The lowest BCUT2D eigenvalue weighted by atomic mass is 9.86. The van der Waals surface area contributed by atoms with Crippen molar-refractivity contribution in [2.75, 3.05) is 6.54 Å². The molecule has 0 saturated carbocycles. The summed E-state index contributed by atoms with van der Waals surface area (Å²) in [5.41, 5.74) is 0.476. The number of rotatable bonds is 6. The summed E-state index contributed by atoms with van der Waals surface area (Å²) in [4.78, 5) is 0. The molecule has 0 aliphatic carbocycles. The Bertz CT molecular complexity index is 550. The molecule has 0 radical (unpaired) electrons. The van der Waals surface area contributed by atoms with Crippen LogP contribution >= 0.6 is 23.2 Å². The van der Waals surface area contributed by atoms with E-state index in [4.69, 9.17) is 23.2 Å². The summed E-state index contributed by atoms with van der Waals surface area (Å²) in [7, 11) is 0. The second-order valence-corrected chi connectivity index (χ2v) is 6.44. The molecule has 2 nitrogen and oxygen atoms in total. The van der Waals surface area contributed by atoms with Crippen molar-refractivity contribution in [1.82, 2.24) is 5.32 Å². The fourth-order valence-corrected chi connectivity index (χ4v) is 2.54. The van der Waals surface area contributed by atoms with Gasteiger partial charge in [-0.25, -0.2) is 0 Å². The third kappa shape index (κ3) is 4.02. The summed E-state index contributed by atoms with van der Waals surface area (Å²) in [6.45, 7) is 4.64. The molecule has 0 spiro atoms. The highest BCUT2D eigenvalue weighted by Gasteiger charge is 2.31. The minimum atomic E-state index is -1.13. The largest absolute Gasteiger partial charge is 0.379 e. The van der Waals surface area contributed by atoms with E-state index >= 15 is 0 Å². The monoisotopic (exact) mass is 337 g/mol. The summed E-state index contributed by atoms with van der Waals surface area (Å²) in [5, 5.41) is 16.0. The van der Waals surface area contributed by atoms with Crippen molar-refractivity contribution in [2.24, 2.45) is 0 Å². The summed E-state index contributed by atoms with van der Waals surface area (Å²) in [6, 6.07) is 14.9. The van der Waals surface area contributed by atoms with E-state index < -0.39 is 5.60 Å². The van der Waals surface area contributed by atoms with Crippen LogP contribution in [0.5, 0.6) is 0 Å². The summed E-state index contributed by atoms with van der Waals surface area (Å²) in [5.74, 6) is 0. The van der Waals surface area contributed by atoms with Crippen molar-refractivity contribution < 1.29 is 5.11 Å². The zero-order valence-corrected chi connectivity index (χ0v) is 14.3. The Morgan fingerprint density at radius 3 is 1.73 bits per heavy atom. The Balaban J connectivity index is 2.38. The maximum Gasteiger partial charge on any atom is 0.127 e. The number of hydrogen-bond acceptors (Lipinski definition) is 2.